The number of carbonyl (C=O) groups excluding carboxylic acids is 4. The Kier molecular flexibility index (Phi) is 7.25. The lowest BCUT2D eigenvalue weighted by atomic mass is 10.1. The van der Waals surface area contributed by atoms with Gasteiger partial charge in [0.1, 0.15) is 23.4 Å². The maximum atomic E-state index is 14.0. The van der Waals surface area contributed by atoms with Crippen LogP contribution in [0.1, 0.15) is 37.9 Å². The fourth-order valence-electron chi connectivity index (χ4n) is 5.71. The van der Waals surface area contributed by atoms with Crippen LogP contribution in [0.15, 0.2) is 70.6 Å². The molecule has 0 spiro atoms. The summed E-state index contributed by atoms with van der Waals surface area (Å²) < 4.78 is 33.2. The Morgan fingerprint density at radius 3 is 2.62 bits per heavy atom. The third-order valence-corrected chi connectivity index (χ3v) is 10.3. The summed E-state index contributed by atoms with van der Waals surface area (Å²) >= 11 is 1.42. The van der Waals surface area contributed by atoms with Crippen molar-refractivity contribution >= 4 is 55.0 Å². The highest BCUT2D eigenvalue weighted by Gasteiger charge is 2.55. The van der Waals surface area contributed by atoms with Gasteiger partial charge in [0, 0.05) is 35.0 Å². The summed E-state index contributed by atoms with van der Waals surface area (Å²) in [6.45, 7) is 1.32. The number of fused-ring (bicyclic) bond motifs is 2. The first kappa shape index (κ1) is 27.9. The molecule has 0 aliphatic carbocycles. The monoisotopic (exact) mass is 606 g/mol. The fourth-order valence-corrected chi connectivity index (χ4v) is 7.93. The van der Waals surface area contributed by atoms with Crippen LogP contribution in [0.3, 0.4) is 0 Å². The number of ketones is 1. The lowest BCUT2D eigenvalue weighted by Crippen LogP contribution is -2.53. The van der Waals surface area contributed by atoms with Crippen molar-refractivity contribution in [2.24, 2.45) is 0 Å². The molecule has 1 N–H and O–H groups in total. The number of thiophene rings is 1. The van der Waals surface area contributed by atoms with Gasteiger partial charge in [-0.1, -0.05) is 30.3 Å². The molecule has 4 aromatic rings. The number of aromatic nitrogens is 1. The number of aryl methyl sites for hydroxylation is 1. The summed E-state index contributed by atoms with van der Waals surface area (Å²) in [6, 6.07) is 12.2. The van der Waals surface area contributed by atoms with Crippen molar-refractivity contribution in [2.45, 2.75) is 37.9 Å². The summed E-state index contributed by atoms with van der Waals surface area (Å²) in [6.07, 6.45) is 1.65. The Bertz CT molecular complexity index is 1800. The molecule has 3 atom stereocenters. The largest absolute Gasteiger partial charge is 0.451 e. The van der Waals surface area contributed by atoms with E-state index >= 15 is 0 Å². The summed E-state index contributed by atoms with van der Waals surface area (Å²) in [5.41, 5.74) is 0.928. The highest BCUT2D eigenvalue weighted by atomic mass is 32.2. The molecule has 0 radical (unpaired) electrons. The Labute approximate surface area is 245 Å². The number of hydrogen-bond acceptors (Lipinski definition) is 9. The van der Waals surface area contributed by atoms with E-state index in [0.717, 1.165) is 14.6 Å². The van der Waals surface area contributed by atoms with Gasteiger partial charge in [0.15, 0.2) is 11.5 Å². The lowest BCUT2D eigenvalue weighted by molar-refractivity contribution is -0.138. The Balaban J connectivity index is 1.25. The SMILES string of the molecule is Cc1c(C(=O)NC(Cc2cccs2)C(=O)N2CCC3C2C(=O)CN3S(=O)(=O)C(=O)c2ccccn2)oc2ccccc12. The van der Waals surface area contributed by atoms with E-state index in [0.29, 0.717) is 11.1 Å². The van der Waals surface area contributed by atoms with Crippen LogP contribution in [0, 0.1) is 6.92 Å². The normalized spacial score (nSPS) is 19.6. The van der Waals surface area contributed by atoms with Gasteiger partial charge in [-0.3, -0.25) is 24.2 Å². The van der Waals surface area contributed by atoms with Crippen molar-refractivity contribution in [1.29, 1.82) is 0 Å². The van der Waals surface area contributed by atoms with Crippen LogP contribution in [0.2, 0.25) is 0 Å². The van der Waals surface area contributed by atoms with Crippen LogP contribution in [-0.4, -0.2) is 76.5 Å². The third-order valence-electron chi connectivity index (χ3n) is 7.72. The molecule has 1 aromatic carbocycles. The number of para-hydroxylation sites is 1. The van der Waals surface area contributed by atoms with E-state index in [-0.39, 0.29) is 30.8 Å². The highest BCUT2D eigenvalue weighted by Crippen LogP contribution is 2.33. The number of sulfonamides is 1. The summed E-state index contributed by atoms with van der Waals surface area (Å²) in [7, 11) is -4.57. The predicted octanol–water partition coefficient (Wildman–Crippen LogP) is 2.56. The lowest BCUT2D eigenvalue weighted by Gasteiger charge is -2.28. The van der Waals surface area contributed by atoms with E-state index in [2.05, 4.69) is 10.3 Å². The van der Waals surface area contributed by atoms with Gasteiger partial charge in [-0.25, -0.2) is 8.42 Å². The van der Waals surface area contributed by atoms with Crippen molar-refractivity contribution in [3.63, 3.8) is 0 Å². The zero-order valence-corrected chi connectivity index (χ0v) is 24.1. The van der Waals surface area contributed by atoms with Crippen molar-refractivity contribution in [3.05, 3.63) is 88.1 Å². The molecule has 2 aliphatic heterocycles. The van der Waals surface area contributed by atoms with Crippen molar-refractivity contribution in [2.75, 3.05) is 13.1 Å². The Morgan fingerprint density at radius 1 is 1.12 bits per heavy atom. The minimum absolute atomic E-state index is 0.0849. The average Bonchev–Trinajstić information content (AvgIpc) is 3.79. The topological polar surface area (TPSA) is 147 Å². The van der Waals surface area contributed by atoms with Gasteiger partial charge in [0.05, 0.1) is 12.6 Å². The molecule has 6 rings (SSSR count). The second-order valence-electron chi connectivity index (χ2n) is 10.2. The molecule has 13 heteroatoms. The Hall–Kier alpha value is -4.20. The number of carbonyl (C=O) groups is 4. The van der Waals surface area contributed by atoms with Gasteiger partial charge >= 0.3 is 5.12 Å². The smallest absolute Gasteiger partial charge is 0.310 e. The molecular weight excluding hydrogens is 580 g/mol. The van der Waals surface area contributed by atoms with Crippen LogP contribution in [0.4, 0.5) is 0 Å². The number of pyridine rings is 1. The number of furan rings is 1. The van der Waals surface area contributed by atoms with E-state index in [1.54, 1.807) is 25.1 Å². The first-order chi connectivity index (χ1) is 20.2. The Morgan fingerprint density at radius 2 is 1.90 bits per heavy atom. The van der Waals surface area contributed by atoms with E-state index in [1.165, 1.54) is 34.6 Å². The number of likely N-dealkylation sites (tertiary alicyclic amines) is 1. The van der Waals surface area contributed by atoms with E-state index < -0.39 is 57.4 Å². The van der Waals surface area contributed by atoms with Crippen molar-refractivity contribution in [1.82, 2.24) is 19.5 Å². The van der Waals surface area contributed by atoms with E-state index in [4.69, 9.17) is 4.42 Å². The number of hydrogen-bond donors (Lipinski definition) is 1. The molecule has 0 saturated carbocycles. The molecule has 3 unspecified atom stereocenters. The number of nitrogens with zero attached hydrogens (tertiary/aromatic N) is 3. The van der Waals surface area contributed by atoms with Crippen molar-refractivity contribution < 1.29 is 32.0 Å². The summed E-state index contributed by atoms with van der Waals surface area (Å²) in [5.74, 6) is -1.49. The summed E-state index contributed by atoms with van der Waals surface area (Å²) in [4.78, 5) is 59.5. The van der Waals surface area contributed by atoms with Crippen LogP contribution in [-0.2, 0) is 26.0 Å². The number of nitrogens with one attached hydrogen (secondary N) is 1. The van der Waals surface area contributed by atoms with Gasteiger partial charge in [0.2, 0.25) is 5.91 Å². The first-order valence-corrected chi connectivity index (χ1v) is 15.6. The van der Waals surface area contributed by atoms with E-state index in [9.17, 15) is 27.6 Å². The molecule has 3 aromatic heterocycles. The molecule has 2 aliphatic rings. The average molecular weight is 607 g/mol. The van der Waals surface area contributed by atoms with Crippen molar-refractivity contribution in [3.8, 4) is 0 Å². The molecule has 2 fully saturated rings. The second-order valence-corrected chi connectivity index (χ2v) is 13.0. The molecular formula is C29H26N4O7S2. The maximum Gasteiger partial charge on any atom is 0.310 e. The second kappa shape index (κ2) is 10.9. The minimum atomic E-state index is -4.57. The van der Waals surface area contributed by atoms with E-state index in [1.807, 2.05) is 29.6 Å². The zero-order valence-electron chi connectivity index (χ0n) is 22.4. The quantitative estimate of drug-likeness (QED) is 0.338. The number of amides is 2. The summed E-state index contributed by atoms with van der Waals surface area (Å²) in [5, 5.41) is 4.24. The molecule has 5 heterocycles. The number of Topliss-reactive ketones (excluding diaryl/α,β-unsaturated/α-hetero) is 1. The highest BCUT2D eigenvalue weighted by molar-refractivity contribution is 8.04. The van der Waals surface area contributed by atoms with Gasteiger partial charge in [-0.2, -0.15) is 4.31 Å². The molecule has 42 heavy (non-hydrogen) atoms. The van der Waals surface area contributed by atoms with Gasteiger partial charge < -0.3 is 14.6 Å². The first-order valence-electron chi connectivity index (χ1n) is 13.3. The van der Waals surface area contributed by atoms with Crippen LogP contribution in [0.5, 0.6) is 0 Å². The van der Waals surface area contributed by atoms with Crippen LogP contribution >= 0.6 is 11.3 Å². The fraction of sp³-hybridized carbons (Fsp3) is 0.276. The standard InChI is InChI=1S/C29H26N4O7S2/c1-17-19-8-2-3-10-24(19)40-26(17)27(35)31-21(15-18-7-6-14-41-18)28(36)32-13-11-22-25(32)23(34)16-33(22)42(38,39)29(37)20-9-4-5-12-30-20/h2-10,12,14,21-22,25H,11,13,15-16H2,1H3,(H,31,35). The number of benzene rings is 1. The predicted molar refractivity (Wildman–Crippen MR) is 153 cm³/mol. The van der Waals surface area contributed by atoms with Crippen LogP contribution < -0.4 is 5.32 Å². The third kappa shape index (κ3) is 4.82. The molecule has 2 saturated heterocycles. The maximum absolute atomic E-state index is 14.0. The zero-order chi connectivity index (χ0) is 29.6. The van der Waals surface area contributed by atoms with Gasteiger partial charge in [-0.15, -0.1) is 11.3 Å². The van der Waals surface area contributed by atoms with Gasteiger partial charge in [-0.05, 0) is 43.0 Å². The van der Waals surface area contributed by atoms with Gasteiger partial charge in [0.25, 0.3) is 15.9 Å². The molecule has 2 amide bonds. The number of rotatable bonds is 7. The minimum Gasteiger partial charge on any atom is -0.451 e. The molecule has 11 nitrogen and oxygen atoms in total. The molecule has 216 valence electrons. The molecule has 0 bridgehead atoms. The van der Waals surface area contributed by atoms with Crippen LogP contribution in [0.25, 0.3) is 11.0 Å².